The van der Waals surface area contributed by atoms with E-state index in [0.29, 0.717) is 10.1 Å². The first-order valence-corrected chi connectivity index (χ1v) is 12.5. The zero-order valence-electron chi connectivity index (χ0n) is 20.3. The summed E-state index contributed by atoms with van der Waals surface area (Å²) < 4.78 is 43.4. The summed E-state index contributed by atoms with van der Waals surface area (Å²) >= 11 is 6.16. The normalized spacial score (nSPS) is 10.8. The molecule has 0 saturated heterocycles. The molecule has 0 spiro atoms. The van der Waals surface area contributed by atoms with Gasteiger partial charge >= 0.3 is 5.97 Å². The first-order chi connectivity index (χ1) is 18.0. The van der Waals surface area contributed by atoms with Crippen molar-refractivity contribution in [2.24, 2.45) is 0 Å². The van der Waals surface area contributed by atoms with E-state index in [1.54, 1.807) is 0 Å². The Kier molecular flexibility index (Phi) is 8.76. The molecule has 0 fully saturated rings. The summed E-state index contributed by atoms with van der Waals surface area (Å²) in [4.78, 5) is 35.1. The van der Waals surface area contributed by atoms with Crippen LogP contribution < -0.4 is 19.1 Å². The van der Waals surface area contributed by atoms with Gasteiger partial charge in [0, 0.05) is 12.1 Å². The largest absolute Gasteiger partial charge is 0.497 e. The molecule has 3 aromatic carbocycles. The highest BCUT2D eigenvalue weighted by Gasteiger charge is 2.35. The highest BCUT2D eigenvalue weighted by atomic mass is 35.5. The summed E-state index contributed by atoms with van der Waals surface area (Å²) in [6.07, 6.45) is 0. The molecule has 0 unspecified atom stereocenters. The van der Waals surface area contributed by atoms with Crippen LogP contribution >= 0.6 is 11.6 Å². The lowest BCUT2D eigenvalue weighted by atomic mass is 10.2. The van der Waals surface area contributed by atoms with Crippen LogP contribution in [0.3, 0.4) is 0 Å². The summed E-state index contributed by atoms with van der Waals surface area (Å²) in [6, 6.07) is 12.9. The van der Waals surface area contributed by atoms with Crippen molar-refractivity contribution >= 4 is 50.6 Å². The number of carbonyl (C=O) groups is 2. The fourth-order valence-electron chi connectivity index (χ4n) is 3.42. The zero-order chi connectivity index (χ0) is 28.0. The molecule has 38 heavy (non-hydrogen) atoms. The first kappa shape index (κ1) is 28.2. The quantitative estimate of drug-likeness (QED) is 0.220. The van der Waals surface area contributed by atoms with Crippen molar-refractivity contribution in [3.8, 4) is 11.5 Å². The number of esters is 1. The van der Waals surface area contributed by atoms with Crippen molar-refractivity contribution in [3.05, 3.63) is 81.4 Å². The molecule has 0 aliphatic carbocycles. The number of halogens is 1. The maximum atomic E-state index is 13.8. The van der Waals surface area contributed by atoms with E-state index < -0.39 is 44.0 Å². The molecule has 0 aliphatic heterocycles. The van der Waals surface area contributed by atoms with Crippen LogP contribution in [0.2, 0.25) is 5.02 Å². The number of anilines is 2. The number of nitro groups is 1. The van der Waals surface area contributed by atoms with E-state index in [0.717, 1.165) is 12.1 Å². The topological polar surface area (TPSA) is 154 Å². The second kappa shape index (κ2) is 11.8. The molecule has 12 nitrogen and oxygen atoms in total. The summed E-state index contributed by atoms with van der Waals surface area (Å²) in [5.74, 6) is -1.19. The Labute approximate surface area is 222 Å². The molecule has 0 atom stereocenters. The number of para-hydroxylation sites is 1. The van der Waals surface area contributed by atoms with Gasteiger partial charge in [-0.25, -0.2) is 13.2 Å². The number of nitrogens with one attached hydrogen (secondary N) is 1. The lowest BCUT2D eigenvalue weighted by molar-refractivity contribution is -0.387. The Bertz CT molecular complexity index is 1500. The molecule has 3 rings (SSSR count). The third kappa shape index (κ3) is 5.95. The number of sulfonamides is 1. The van der Waals surface area contributed by atoms with Crippen LogP contribution in [-0.2, 0) is 19.6 Å². The van der Waals surface area contributed by atoms with Crippen LogP contribution in [-0.4, -0.2) is 53.1 Å². The number of benzene rings is 3. The molecule has 0 heterocycles. The number of amides is 1. The van der Waals surface area contributed by atoms with Gasteiger partial charge in [0.05, 0.1) is 48.2 Å². The molecular weight excluding hydrogens is 542 g/mol. The standard InChI is InChI=1S/C24H22ClN3O9S/c1-35-16-9-11-19(21(13-16)36-2)27(38(33,34)22-7-5-4-6-20(22)28(31)32)14-23(29)26-18-12-15(24(30)37-3)8-10-17(18)25/h4-13H,14H2,1-3H3,(H,26,29). The van der Waals surface area contributed by atoms with Gasteiger partial charge in [-0.15, -0.1) is 0 Å². The van der Waals surface area contributed by atoms with E-state index in [4.69, 9.17) is 21.1 Å². The van der Waals surface area contributed by atoms with Crippen molar-refractivity contribution in [1.29, 1.82) is 0 Å². The molecule has 0 aliphatic rings. The molecular formula is C24H22ClN3O9S. The van der Waals surface area contributed by atoms with Crippen LogP contribution in [0, 0.1) is 10.1 Å². The minimum absolute atomic E-state index is 0.0179. The maximum absolute atomic E-state index is 13.8. The van der Waals surface area contributed by atoms with Crippen LogP contribution in [0.1, 0.15) is 10.4 Å². The average molecular weight is 564 g/mol. The van der Waals surface area contributed by atoms with Gasteiger partial charge in [0.2, 0.25) is 5.91 Å². The van der Waals surface area contributed by atoms with Gasteiger partial charge in [-0.1, -0.05) is 23.7 Å². The fraction of sp³-hybridized carbons (Fsp3) is 0.167. The highest BCUT2D eigenvalue weighted by molar-refractivity contribution is 7.93. The van der Waals surface area contributed by atoms with Crippen molar-refractivity contribution < 1.29 is 37.1 Å². The molecule has 200 valence electrons. The van der Waals surface area contributed by atoms with Gasteiger partial charge in [0.1, 0.15) is 18.0 Å². The highest BCUT2D eigenvalue weighted by Crippen LogP contribution is 2.37. The molecule has 1 amide bonds. The van der Waals surface area contributed by atoms with Gasteiger partial charge in [0.25, 0.3) is 15.7 Å². The predicted octanol–water partition coefficient (Wildman–Crippen LogP) is 3.89. The van der Waals surface area contributed by atoms with Gasteiger partial charge in [-0.3, -0.25) is 19.2 Å². The van der Waals surface area contributed by atoms with E-state index >= 15 is 0 Å². The molecule has 0 radical (unpaired) electrons. The molecule has 14 heteroatoms. The smallest absolute Gasteiger partial charge is 0.337 e. The van der Waals surface area contributed by atoms with Crippen molar-refractivity contribution in [3.63, 3.8) is 0 Å². The zero-order valence-corrected chi connectivity index (χ0v) is 21.9. The van der Waals surface area contributed by atoms with Gasteiger partial charge in [-0.05, 0) is 36.4 Å². The van der Waals surface area contributed by atoms with Crippen LogP contribution in [0.4, 0.5) is 17.1 Å². The number of ether oxygens (including phenoxy) is 3. The Hall–Kier alpha value is -4.36. The van der Waals surface area contributed by atoms with Gasteiger partial charge in [-0.2, -0.15) is 0 Å². The summed E-state index contributed by atoms with van der Waals surface area (Å²) in [7, 11) is -0.836. The Morgan fingerprint density at radius 1 is 1.03 bits per heavy atom. The molecule has 0 saturated carbocycles. The maximum Gasteiger partial charge on any atom is 0.337 e. The number of rotatable bonds is 10. The Balaban J connectivity index is 2.10. The Morgan fingerprint density at radius 2 is 1.74 bits per heavy atom. The van der Waals surface area contributed by atoms with Crippen molar-refractivity contribution in [2.45, 2.75) is 4.90 Å². The van der Waals surface area contributed by atoms with E-state index in [9.17, 15) is 28.1 Å². The second-order valence-corrected chi connectivity index (χ2v) is 9.75. The lowest BCUT2D eigenvalue weighted by Gasteiger charge is -2.26. The third-order valence-corrected chi connectivity index (χ3v) is 7.37. The monoisotopic (exact) mass is 563 g/mol. The average Bonchev–Trinajstić information content (AvgIpc) is 2.92. The summed E-state index contributed by atoms with van der Waals surface area (Å²) in [5, 5.41) is 14.1. The molecule has 0 bridgehead atoms. The van der Waals surface area contributed by atoms with Crippen LogP contribution in [0.5, 0.6) is 11.5 Å². The first-order valence-electron chi connectivity index (χ1n) is 10.7. The molecule has 3 aromatic rings. The van der Waals surface area contributed by atoms with Crippen molar-refractivity contribution in [1.82, 2.24) is 0 Å². The number of nitro benzene ring substituents is 1. The summed E-state index contributed by atoms with van der Waals surface area (Å²) in [6.45, 7) is -0.837. The van der Waals surface area contributed by atoms with E-state index in [1.807, 2.05) is 0 Å². The number of nitrogens with zero attached hydrogens (tertiary/aromatic N) is 2. The van der Waals surface area contributed by atoms with E-state index in [-0.39, 0.29) is 27.7 Å². The Morgan fingerprint density at radius 3 is 2.37 bits per heavy atom. The van der Waals surface area contributed by atoms with Crippen LogP contribution in [0.15, 0.2) is 65.6 Å². The SMILES string of the molecule is COC(=O)c1ccc(Cl)c(NC(=O)CN(c2ccc(OC)cc2OC)S(=O)(=O)c2ccccc2[N+](=O)[O-])c1. The van der Waals surface area contributed by atoms with Gasteiger partial charge in [0.15, 0.2) is 4.90 Å². The number of hydrogen-bond donors (Lipinski definition) is 1. The predicted molar refractivity (Wildman–Crippen MR) is 139 cm³/mol. The second-order valence-electron chi connectivity index (χ2n) is 7.51. The number of hydrogen-bond acceptors (Lipinski definition) is 9. The van der Waals surface area contributed by atoms with E-state index in [1.165, 1.54) is 69.9 Å². The van der Waals surface area contributed by atoms with Gasteiger partial charge < -0.3 is 19.5 Å². The minimum Gasteiger partial charge on any atom is -0.497 e. The lowest BCUT2D eigenvalue weighted by Crippen LogP contribution is -2.38. The third-order valence-electron chi connectivity index (χ3n) is 5.23. The molecule has 0 aromatic heterocycles. The summed E-state index contributed by atoms with van der Waals surface area (Å²) in [5.41, 5.74) is -0.659. The molecule has 1 N–H and O–H groups in total. The fourth-order valence-corrected chi connectivity index (χ4v) is 5.18. The van der Waals surface area contributed by atoms with Crippen LogP contribution in [0.25, 0.3) is 0 Å². The van der Waals surface area contributed by atoms with Crippen molar-refractivity contribution in [2.75, 3.05) is 37.5 Å². The minimum atomic E-state index is -4.70. The van der Waals surface area contributed by atoms with E-state index in [2.05, 4.69) is 10.1 Å². The number of carbonyl (C=O) groups excluding carboxylic acids is 2. The number of methoxy groups -OCH3 is 3.